The summed E-state index contributed by atoms with van der Waals surface area (Å²) < 4.78 is 5.95. The Balaban J connectivity index is 2.01. The van der Waals surface area contributed by atoms with Crippen molar-refractivity contribution < 1.29 is 14.3 Å². The van der Waals surface area contributed by atoms with Crippen molar-refractivity contribution in [2.45, 2.75) is 51.5 Å². The number of likely N-dealkylation sites (tertiary alicyclic amines) is 1. The molecule has 0 saturated carbocycles. The van der Waals surface area contributed by atoms with Crippen LogP contribution in [0.15, 0.2) is 24.3 Å². The molecule has 7 heteroatoms. The minimum Gasteiger partial charge on any atom is -0.371 e. The molecular weight excluding hydrogens is 342 g/mol. The molecule has 3 N–H and O–H groups in total. The summed E-state index contributed by atoms with van der Waals surface area (Å²) in [5, 5.41) is 3.53. The summed E-state index contributed by atoms with van der Waals surface area (Å²) in [4.78, 5) is 26.2. The monoisotopic (exact) mass is 367 g/mol. The van der Waals surface area contributed by atoms with E-state index in [9.17, 15) is 9.59 Å². The molecular formula is C18H26ClN3O3. The molecule has 0 aliphatic carbocycles. The number of rotatable bonds is 5. The highest BCUT2D eigenvalue weighted by atomic mass is 35.5. The van der Waals surface area contributed by atoms with Gasteiger partial charge in [-0.15, -0.1) is 0 Å². The van der Waals surface area contributed by atoms with Crippen LogP contribution in [0.2, 0.25) is 5.02 Å². The van der Waals surface area contributed by atoms with Gasteiger partial charge in [-0.2, -0.15) is 0 Å². The largest absolute Gasteiger partial charge is 0.371 e. The maximum absolute atomic E-state index is 12.6. The molecule has 1 saturated heterocycles. The van der Waals surface area contributed by atoms with Crippen LogP contribution in [-0.4, -0.2) is 47.6 Å². The Morgan fingerprint density at radius 3 is 2.52 bits per heavy atom. The second-order valence-corrected chi connectivity index (χ2v) is 7.63. The normalized spacial score (nSPS) is 20.6. The van der Waals surface area contributed by atoms with Gasteiger partial charge in [-0.3, -0.25) is 9.59 Å². The Hall–Kier alpha value is -1.63. The highest BCUT2D eigenvalue weighted by Gasteiger charge is 2.40. The zero-order valence-electron chi connectivity index (χ0n) is 14.9. The summed E-state index contributed by atoms with van der Waals surface area (Å²) in [5.41, 5.74) is 6.09. The molecule has 6 nitrogen and oxygen atoms in total. The van der Waals surface area contributed by atoms with Gasteiger partial charge in [0.25, 0.3) is 0 Å². The summed E-state index contributed by atoms with van der Waals surface area (Å²) in [7, 11) is 0. The van der Waals surface area contributed by atoms with Gasteiger partial charge in [0.2, 0.25) is 11.8 Å². The highest BCUT2D eigenvalue weighted by molar-refractivity contribution is 6.30. The van der Waals surface area contributed by atoms with E-state index < -0.39 is 6.04 Å². The van der Waals surface area contributed by atoms with E-state index in [0.717, 1.165) is 5.56 Å². The molecule has 25 heavy (non-hydrogen) atoms. The second kappa shape index (κ2) is 8.17. The Kier molecular flexibility index (Phi) is 6.43. The van der Waals surface area contributed by atoms with Crippen molar-refractivity contribution in [2.24, 2.45) is 5.73 Å². The zero-order chi connectivity index (χ0) is 18.6. The van der Waals surface area contributed by atoms with E-state index in [1.54, 1.807) is 12.1 Å². The molecule has 0 aromatic heterocycles. The summed E-state index contributed by atoms with van der Waals surface area (Å²) in [6.45, 7) is 6.50. The molecule has 0 spiro atoms. The van der Waals surface area contributed by atoms with Gasteiger partial charge in [-0.25, -0.2) is 0 Å². The number of ether oxygens (including phenoxy) is 1. The molecule has 1 fully saturated rings. The molecule has 2 atom stereocenters. The van der Waals surface area contributed by atoms with E-state index >= 15 is 0 Å². The molecule has 138 valence electrons. The number of nitrogens with zero attached hydrogens (tertiary/aromatic N) is 1. The summed E-state index contributed by atoms with van der Waals surface area (Å²) in [5.74, 6) is -0.441. The Morgan fingerprint density at radius 2 is 1.96 bits per heavy atom. The fourth-order valence-electron chi connectivity index (χ4n) is 2.93. The first-order valence-corrected chi connectivity index (χ1v) is 8.77. The molecule has 1 unspecified atom stereocenters. The first-order valence-electron chi connectivity index (χ1n) is 8.39. The lowest BCUT2D eigenvalue weighted by atomic mass is 10.1. The number of hydrogen-bond acceptors (Lipinski definition) is 4. The number of carbonyl (C=O) groups is 2. The first kappa shape index (κ1) is 19.7. The molecule has 2 amide bonds. The molecule has 2 rings (SSSR count). The van der Waals surface area contributed by atoms with Crippen molar-refractivity contribution in [3.8, 4) is 0 Å². The lowest BCUT2D eigenvalue weighted by Gasteiger charge is -2.25. The number of carbonyl (C=O) groups excluding carboxylic acids is 2. The van der Waals surface area contributed by atoms with Crippen LogP contribution in [-0.2, 0) is 20.9 Å². The van der Waals surface area contributed by atoms with Gasteiger partial charge < -0.3 is 20.7 Å². The van der Waals surface area contributed by atoms with Crippen LogP contribution in [0.3, 0.4) is 0 Å². The van der Waals surface area contributed by atoms with Gasteiger partial charge in [-0.1, -0.05) is 23.7 Å². The second-order valence-electron chi connectivity index (χ2n) is 7.20. The minimum atomic E-state index is -0.560. The summed E-state index contributed by atoms with van der Waals surface area (Å²) in [6, 6.07) is 6.69. The average Bonchev–Trinajstić information content (AvgIpc) is 2.95. The highest BCUT2D eigenvalue weighted by Crippen LogP contribution is 2.25. The minimum absolute atomic E-state index is 0.122. The van der Waals surface area contributed by atoms with Crippen LogP contribution in [0.25, 0.3) is 0 Å². The number of hydrogen-bond donors (Lipinski definition) is 2. The average molecular weight is 368 g/mol. The van der Waals surface area contributed by atoms with E-state index in [1.165, 1.54) is 4.90 Å². The standard InChI is InChI=1S/C18H26ClN3O3/c1-18(2,3)25-14-8-15(22(11-14)16(23)9-20)17(24)21-10-12-4-6-13(19)7-5-12/h4-7,14-15H,8-11,20H2,1-3H3,(H,21,24)/t14?,15-/m0/s1. The van der Waals surface area contributed by atoms with Gasteiger partial charge in [-0.05, 0) is 38.5 Å². The number of halogens is 1. The predicted molar refractivity (Wildman–Crippen MR) is 97.1 cm³/mol. The third kappa shape index (κ3) is 5.70. The Bertz CT molecular complexity index is 613. The number of nitrogens with one attached hydrogen (secondary N) is 1. The zero-order valence-corrected chi connectivity index (χ0v) is 15.7. The van der Waals surface area contributed by atoms with E-state index in [-0.39, 0.29) is 30.1 Å². The van der Waals surface area contributed by atoms with Gasteiger partial charge in [0.1, 0.15) is 6.04 Å². The van der Waals surface area contributed by atoms with Crippen molar-refractivity contribution >= 4 is 23.4 Å². The predicted octanol–water partition coefficient (Wildman–Crippen LogP) is 1.70. The van der Waals surface area contributed by atoms with Crippen LogP contribution < -0.4 is 11.1 Å². The van der Waals surface area contributed by atoms with E-state index in [1.807, 2.05) is 32.9 Å². The smallest absolute Gasteiger partial charge is 0.243 e. The van der Waals surface area contributed by atoms with Gasteiger partial charge >= 0.3 is 0 Å². The van der Waals surface area contributed by atoms with Crippen LogP contribution in [0.1, 0.15) is 32.8 Å². The van der Waals surface area contributed by atoms with Crippen LogP contribution >= 0.6 is 11.6 Å². The molecule has 1 aromatic carbocycles. The third-order valence-electron chi connectivity index (χ3n) is 3.96. The number of amides is 2. The van der Waals surface area contributed by atoms with Gasteiger partial charge in [0.15, 0.2) is 0 Å². The van der Waals surface area contributed by atoms with Crippen LogP contribution in [0.5, 0.6) is 0 Å². The number of nitrogens with two attached hydrogens (primary N) is 1. The third-order valence-corrected chi connectivity index (χ3v) is 4.21. The van der Waals surface area contributed by atoms with E-state index in [2.05, 4.69) is 5.32 Å². The van der Waals surface area contributed by atoms with Crippen molar-refractivity contribution in [1.29, 1.82) is 0 Å². The van der Waals surface area contributed by atoms with Gasteiger partial charge in [0, 0.05) is 24.5 Å². The van der Waals surface area contributed by atoms with Crippen molar-refractivity contribution in [3.05, 3.63) is 34.9 Å². The summed E-state index contributed by atoms with van der Waals surface area (Å²) >= 11 is 5.86. The van der Waals surface area contributed by atoms with Crippen LogP contribution in [0, 0.1) is 0 Å². The lowest BCUT2D eigenvalue weighted by molar-refractivity contribution is -0.137. The van der Waals surface area contributed by atoms with Crippen molar-refractivity contribution in [3.63, 3.8) is 0 Å². The fourth-order valence-corrected chi connectivity index (χ4v) is 3.06. The maximum atomic E-state index is 12.6. The first-order chi connectivity index (χ1) is 11.7. The Labute approximate surface area is 153 Å². The quantitative estimate of drug-likeness (QED) is 0.829. The molecule has 1 aromatic rings. The molecule has 1 heterocycles. The lowest BCUT2D eigenvalue weighted by Crippen LogP contribution is -2.47. The SMILES string of the molecule is CC(C)(C)OC1C[C@@H](C(=O)NCc2ccc(Cl)cc2)N(C(=O)CN)C1. The molecule has 1 aliphatic rings. The van der Waals surface area contributed by atoms with Crippen molar-refractivity contribution in [2.75, 3.05) is 13.1 Å². The van der Waals surface area contributed by atoms with Gasteiger partial charge in [0.05, 0.1) is 18.2 Å². The molecule has 1 aliphatic heterocycles. The summed E-state index contributed by atoms with van der Waals surface area (Å²) in [6.07, 6.45) is 0.289. The van der Waals surface area contributed by atoms with Crippen molar-refractivity contribution in [1.82, 2.24) is 10.2 Å². The topological polar surface area (TPSA) is 84.7 Å². The molecule has 0 radical (unpaired) electrons. The van der Waals surface area contributed by atoms with E-state index in [0.29, 0.717) is 24.5 Å². The maximum Gasteiger partial charge on any atom is 0.243 e. The fraction of sp³-hybridized carbons (Fsp3) is 0.556. The number of benzene rings is 1. The molecule has 0 bridgehead atoms. The van der Waals surface area contributed by atoms with Crippen LogP contribution in [0.4, 0.5) is 0 Å². The van der Waals surface area contributed by atoms with E-state index in [4.69, 9.17) is 22.1 Å². The Morgan fingerprint density at radius 1 is 1.32 bits per heavy atom.